The summed E-state index contributed by atoms with van der Waals surface area (Å²) in [5.41, 5.74) is 8.09. The average molecular weight is 230 g/mol. The molecule has 86 valence electrons. The number of hydrogen-bond acceptors (Lipinski definition) is 2. The fraction of sp³-hybridized carbons (Fsp3) is 0.500. The predicted octanol–water partition coefficient (Wildman–Crippen LogP) is 2.79. The molecular weight excluding hydrogens is 210 g/mol. The minimum atomic E-state index is 0. The van der Waals surface area contributed by atoms with Crippen LogP contribution in [0.5, 0.6) is 0 Å². The van der Waals surface area contributed by atoms with Crippen molar-refractivity contribution in [1.82, 2.24) is 0 Å². The van der Waals surface area contributed by atoms with Crippen molar-refractivity contribution < 1.29 is 5.11 Å². The Morgan fingerprint density at radius 3 is 2.60 bits per heavy atom. The standard InChI is InChI=1S/C12H19NO.ClH/c1-2-3-8-12(13)11-7-5-4-6-10(11)9-14;/h4-7,12,14H,2-3,8-9,13H2,1H3;1H/t12-;/m0./s1. The van der Waals surface area contributed by atoms with Crippen LogP contribution in [0.4, 0.5) is 0 Å². The lowest BCUT2D eigenvalue weighted by molar-refractivity contribution is 0.279. The van der Waals surface area contributed by atoms with E-state index in [-0.39, 0.29) is 25.1 Å². The Kier molecular flexibility index (Phi) is 7.39. The summed E-state index contributed by atoms with van der Waals surface area (Å²) in [5.74, 6) is 0. The zero-order chi connectivity index (χ0) is 10.4. The fourth-order valence-corrected chi connectivity index (χ4v) is 1.62. The summed E-state index contributed by atoms with van der Waals surface area (Å²) in [5, 5.41) is 9.14. The van der Waals surface area contributed by atoms with Crippen molar-refractivity contribution in [1.29, 1.82) is 0 Å². The Bertz CT molecular complexity index is 278. The molecule has 0 saturated carbocycles. The molecular formula is C12H20ClNO. The number of benzene rings is 1. The molecule has 1 aromatic rings. The lowest BCUT2D eigenvalue weighted by Crippen LogP contribution is -2.12. The molecule has 0 saturated heterocycles. The largest absolute Gasteiger partial charge is 0.392 e. The van der Waals surface area contributed by atoms with Gasteiger partial charge in [0, 0.05) is 6.04 Å². The van der Waals surface area contributed by atoms with Gasteiger partial charge < -0.3 is 10.8 Å². The van der Waals surface area contributed by atoms with E-state index in [1.165, 1.54) is 0 Å². The lowest BCUT2D eigenvalue weighted by atomic mass is 9.97. The van der Waals surface area contributed by atoms with Gasteiger partial charge in [-0.15, -0.1) is 12.4 Å². The van der Waals surface area contributed by atoms with Crippen LogP contribution in [-0.2, 0) is 6.61 Å². The Labute approximate surface area is 97.9 Å². The van der Waals surface area contributed by atoms with E-state index in [0.29, 0.717) is 0 Å². The molecule has 0 aliphatic rings. The highest BCUT2D eigenvalue weighted by atomic mass is 35.5. The molecule has 1 rings (SSSR count). The first-order chi connectivity index (χ1) is 6.79. The second-order valence-electron chi connectivity index (χ2n) is 3.61. The van der Waals surface area contributed by atoms with Crippen LogP contribution in [0.3, 0.4) is 0 Å². The van der Waals surface area contributed by atoms with Gasteiger partial charge in [-0.2, -0.15) is 0 Å². The summed E-state index contributed by atoms with van der Waals surface area (Å²) in [6.45, 7) is 2.24. The van der Waals surface area contributed by atoms with Crippen molar-refractivity contribution in [3.63, 3.8) is 0 Å². The normalized spacial score (nSPS) is 11.9. The van der Waals surface area contributed by atoms with E-state index in [4.69, 9.17) is 10.8 Å². The molecule has 0 aliphatic heterocycles. The van der Waals surface area contributed by atoms with E-state index in [9.17, 15) is 0 Å². The van der Waals surface area contributed by atoms with Crippen LogP contribution in [-0.4, -0.2) is 5.11 Å². The molecule has 0 spiro atoms. The van der Waals surface area contributed by atoms with Gasteiger partial charge in [-0.05, 0) is 17.5 Å². The molecule has 0 heterocycles. The van der Waals surface area contributed by atoms with Gasteiger partial charge >= 0.3 is 0 Å². The molecule has 0 bridgehead atoms. The maximum Gasteiger partial charge on any atom is 0.0685 e. The molecule has 3 heteroatoms. The number of hydrogen-bond donors (Lipinski definition) is 2. The van der Waals surface area contributed by atoms with Gasteiger partial charge in [-0.25, -0.2) is 0 Å². The molecule has 1 atom stereocenters. The van der Waals surface area contributed by atoms with E-state index in [2.05, 4.69) is 6.92 Å². The average Bonchev–Trinajstić information content (AvgIpc) is 2.25. The van der Waals surface area contributed by atoms with Gasteiger partial charge in [0.15, 0.2) is 0 Å². The van der Waals surface area contributed by atoms with Crippen molar-refractivity contribution >= 4 is 12.4 Å². The molecule has 0 radical (unpaired) electrons. The summed E-state index contributed by atoms with van der Waals surface area (Å²) < 4.78 is 0. The molecule has 0 unspecified atom stereocenters. The van der Waals surface area contributed by atoms with Crippen LogP contribution in [0.15, 0.2) is 24.3 Å². The number of rotatable bonds is 5. The fourth-order valence-electron chi connectivity index (χ4n) is 1.62. The topological polar surface area (TPSA) is 46.2 Å². The first-order valence-electron chi connectivity index (χ1n) is 5.23. The van der Waals surface area contributed by atoms with Crippen LogP contribution in [0.2, 0.25) is 0 Å². The monoisotopic (exact) mass is 229 g/mol. The smallest absolute Gasteiger partial charge is 0.0685 e. The van der Waals surface area contributed by atoms with E-state index in [1.807, 2.05) is 24.3 Å². The summed E-state index contributed by atoms with van der Waals surface area (Å²) in [6.07, 6.45) is 3.30. The van der Waals surface area contributed by atoms with Crippen LogP contribution in [0.1, 0.15) is 43.4 Å². The van der Waals surface area contributed by atoms with Gasteiger partial charge in [-0.1, -0.05) is 44.0 Å². The molecule has 1 aromatic carbocycles. The molecule has 15 heavy (non-hydrogen) atoms. The summed E-state index contributed by atoms with van der Waals surface area (Å²) >= 11 is 0. The van der Waals surface area contributed by atoms with Gasteiger partial charge in [0.25, 0.3) is 0 Å². The van der Waals surface area contributed by atoms with Gasteiger partial charge in [-0.3, -0.25) is 0 Å². The lowest BCUT2D eigenvalue weighted by Gasteiger charge is -2.14. The highest BCUT2D eigenvalue weighted by Crippen LogP contribution is 2.20. The van der Waals surface area contributed by atoms with Crippen molar-refractivity contribution in [3.05, 3.63) is 35.4 Å². The summed E-state index contributed by atoms with van der Waals surface area (Å²) in [6, 6.07) is 7.91. The van der Waals surface area contributed by atoms with Crippen LogP contribution >= 0.6 is 12.4 Å². The summed E-state index contributed by atoms with van der Waals surface area (Å²) in [7, 11) is 0. The third-order valence-corrected chi connectivity index (χ3v) is 2.49. The first-order valence-corrected chi connectivity index (χ1v) is 5.23. The Hall–Kier alpha value is -0.570. The Morgan fingerprint density at radius 2 is 2.00 bits per heavy atom. The number of unbranched alkanes of at least 4 members (excludes halogenated alkanes) is 1. The Balaban J connectivity index is 0.00000196. The first kappa shape index (κ1) is 14.4. The zero-order valence-electron chi connectivity index (χ0n) is 9.15. The maximum absolute atomic E-state index is 9.14. The SMILES string of the molecule is CCCC[C@H](N)c1ccccc1CO.Cl. The van der Waals surface area contributed by atoms with E-state index >= 15 is 0 Å². The highest BCUT2D eigenvalue weighted by Gasteiger charge is 2.08. The van der Waals surface area contributed by atoms with Crippen LogP contribution in [0, 0.1) is 0 Å². The van der Waals surface area contributed by atoms with Crippen molar-refractivity contribution in [2.75, 3.05) is 0 Å². The van der Waals surface area contributed by atoms with E-state index < -0.39 is 0 Å². The minimum absolute atomic E-state index is 0. The zero-order valence-corrected chi connectivity index (χ0v) is 9.96. The second-order valence-corrected chi connectivity index (χ2v) is 3.61. The quantitative estimate of drug-likeness (QED) is 0.816. The number of nitrogens with two attached hydrogens (primary N) is 1. The number of aliphatic hydroxyl groups is 1. The van der Waals surface area contributed by atoms with Gasteiger partial charge in [0.05, 0.1) is 6.61 Å². The van der Waals surface area contributed by atoms with Gasteiger partial charge in [0.1, 0.15) is 0 Å². The third-order valence-electron chi connectivity index (χ3n) is 2.49. The van der Waals surface area contributed by atoms with Crippen molar-refractivity contribution in [2.45, 2.75) is 38.8 Å². The highest BCUT2D eigenvalue weighted by molar-refractivity contribution is 5.85. The van der Waals surface area contributed by atoms with Crippen LogP contribution < -0.4 is 5.73 Å². The molecule has 0 aliphatic carbocycles. The van der Waals surface area contributed by atoms with Gasteiger partial charge in [0.2, 0.25) is 0 Å². The minimum Gasteiger partial charge on any atom is -0.392 e. The van der Waals surface area contributed by atoms with Crippen molar-refractivity contribution in [3.8, 4) is 0 Å². The molecule has 0 fully saturated rings. The van der Waals surface area contributed by atoms with E-state index in [0.717, 1.165) is 30.4 Å². The predicted molar refractivity (Wildman–Crippen MR) is 66.1 cm³/mol. The second kappa shape index (κ2) is 7.69. The number of halogens is 1. The number of aliphatic hydroxyl groups excluding tert-OH is 1. The van der Waals surface area contributed by atoms with E-state index in [1.54, 1.807) is 0 Å². The molecule has 0 aromatic heterocycles. The molecule has 0 amide bonds. The summed E-state index contributed by atoms with van der Waals surface area (Å²) in [4.78, 5) is 0. The maximum atomic E-state index is 9.14. The third kappa shape index (κ3) is 4.20. The van der Waals surface area contributed by atoms with Crippen molar-refractivity contribution in [2.24, 2.45) is 5.73 Å². The Morgan fingerprint density at radius 1 is 1.33 bits per heavy atom. The molecule has 3 N–H and O–H groups in total. The molecule has 2 nitrogen and oxygen atoms in total. The van der Waals surface area contributed by atoms with Crippen LogP contribution in [0.25, 0.3) is 0 Å².